The Morgan fingerprint density at radius 2 is 1.78 bits per heavy atom. The molecule has 7 nitrogen and oxygen atoms in total. The molecule has 7 heteroatoms. The monoisotopic (exact) mass is 374 g/mol. The van der Waals surface area contributed by atoms with Crippen LogP contribution >= 0.6 is 0 Å². The van der Waals surface area contributed by atoms with Gasteiger partial charge in [0, 0.05) is 12.6 Å². The van der Waals surface area contributed by atoms with Crippen molar-refractivity contribution in [1.29, 1.82) is 0 Å². The molecule has 27 heavy (non-hydrogen) atoms. The predicted molar refractivity (Wildman–Crippen MR) is 101 cm³/mol. The molecule has 0 radical (unpaired) electrons. The van der Waals surface area contributed by atoms with E-state index in [9.17, 15) is 9.59 Å². The van der Waals surface area contributed by atoms with Gasteiger partial charge in [0.25, 0.3) is 5.91 Å². The number of hydrogen-bond acceptors (Lipinski definition) is 5. The van der Waals surface area contributed by atoms with Crippen molar-refractivity contribution in [2.24, 2.45) is 0 Å². The smallest absolute Gasteiger partial charge is 0.251 e. The second kappa shape index (κ2) is 9.66. The van der Waals surface area contributed by atoms with Crippen molar-refractivity contribution in [2.75, 3.05) is 26.8 Å². The second-order valence-electron chi connectivity index (χ2n) is 5.97. The molecule has 0 spiro atoms. The Labute approximate surface area is 159 Å². The summed E-state index contributed by atoms with van der Waals surface area (Å²) in [6.07, 6.45) is 0. The topological polar surface area (TPSA) is 81.0 Å². The van der Waals surface area contributed by atoms with E-state index in [2.05, 4.69) is 5.32 Å². The number of carbonyl (C=O) groups is 2. The van der Waals surface area contributed by atoms with Gasteiger partial charge in [-0.15, -0.1) is 0 Å². The van der Waals surface area contributed by atoms with Crippen molar-refractivity contribution in [3.63, 3.8) is 0 Å². The molecule has 0 saturated carbocycles. The van der Waals surface area contributed by atoms with Crippen LogP contribution in [0, 0.1) is 6.92 Å². The summed E-state index contributed by atoms with van der Waals surface area (Å²) in [5, 5.41) is 2.63. The molecule has 0 aliphatic heterocycles. The van der Waals surface area contributed by atoms with E-state index in [4.69, 9.17) is 13.9 Å². The zero-order valence-electron chi connectivity index (χ0n) is 16.2. The first-order chi connectivity index (χ1) is 12.9. The highest BCUT2D eigenvalue weighted by Crippen LogP contribution is 2.28. The van der Waals surface area contributed by atoms with E-state index in [0.717, 1.165) is 5.76 Å². The van der Waals surface area contributed by atoms with Gasteiger partial charge < -0.3 is 24.1 Å². The molecule has 0 aliphatic carbocycles. The third-order valence-electron chi connectivity index (χ3n) is 3.82. The molecule has 0 atom stereocenters. The summed E-state index contributed by atoms with van der Waals surface area (Å²) in [6, 6.07) is 8.62. The minimum Gasteiger partial charge on any atom is -0.490 e. The van der Waals surface area contributed by atoms with Crippen LogP contribution < -0.4 is 14.8 Å². The third-order valence-corrected chi connectivity index (χ3v) is 3.82. The minimum absolute atomic E-state index is 0.105. The summed E-state index contributed by atoms with van der Waals surface area (Å²) >= 11 is 0. The van der Waals surface area contributed by atoms with E-state index in [-0.39, 0.29) is 18.4 Å². The molecule has 2 amide bonds. The molecule has 1 heterocycles. The molecule has 1 aromatic carbocycles. The molecular formula is C20H26N2O5. The van der Waals surface area contributed by atoms with Crippen LogP contribution in [0.3, 0.4) is 0 Å². The second-order valence-corrected chi connectivity index (χ2v) is 5.97. The highest BCUT2D eigenvalue weighted by Gasteiger charge is 2.15. The number of ether oxygens (including phenoxy) is 2. The fourth-order valence-corrected chi connectivity index (χ4v) is 2.48. The first-order valence-electron chi connectivity index (χ1n) is 8.91. The maximum absolute atomic E-state index is 12.4. The van der Waals surface area contributed by atoms with E-state index >= 15 is 0 Å². The van der Waals surface area contributed by atoms with Gasteiger partial charge in [-0.25, -0.2) is 0 Å². The number of nitrogens with one attached hydrogen (secondary N) is 1. The number of furan rings is 1. The normalized spacial score (nSPS) is 10.4. The fourth-order valence-electron chi connectivity index (χ4n) is 2.48. The lowest BCUT2D eigenvalue weighted by Crippen LogP contribution is -2.37. The van der Waals surface area contributed by atoms with Crippen LogP contribution in [-0.2, 0) is 11.3 Å². The summed E-state index contributed by atoms with van der Waals surface area (Å²) in [5.74, 6) is 2.01. The Morgan fingerprint density at radius 3 is 2.41 bits per heavy atom. The average Bonchev–Trinajstić information content (AvgIpc) is 3.05. The Kier molecular flexibility index (Phi) is 7.28. The summed E-state index contributed by atoms with van der Waals surface area (Å²) in [7, 11) is 1.66. The third kappa shape index (κ3) is 5.77. The first kappa shape index (κ1) is 20.4. The molecule has 146 valence electrons. The Hall–Kier alpha value is -2.96. The molecule has 1 aromatic heterocycles. The molecule has 0 saturated heterocycles. The zero-order chi connectivity index (χ0) is 19.8. The van der Waals surface area contributed by atoms with Crippen molar-refractivity contribution in [3.05, 3.63) is 47.4 Å². The number of benzene rings is 1. The van der Waals surface area contributed by atoms with E-state index in [1.807, 2.05) is 32.9 Å². The molecule has 0 unspecified atom stereocenters. The van der Waals surface area contributed by atoms with Gasteiger partial charge in [-0.3, -0.25) is 9.59 Å². The van der Waals surface area contributed by atoms with Crippen molar-refractivity contribution >= 4 is 11.8 Å². The molecular weight excluding hydrogens is 348 g/mol. The summed E-state index contributed by atoms with van der Waals surface area (Å²) in [6.45, 7) is 6.79. The Morgan fingerprint density at radius 1 is 1.07 bits per heavy atom. The molecule has 0 fully saturated rings. The van der Waals surface area contributed by atoms with Crippen molar-refractivity contribution in [3.8, 4) is 11.5 Å². The lowest BCUT2D eigenvalue weighted by atomic mass is 10.2. The summed E-state index contributed by atoms with van der Waals surface area (Å²) in [4.78, 5) is 26.1. The molecule has 2 rings (SSSR count). The number of amides is 2. The van der Waals surface area contributed by atoms with Gasteiger partial charge in [0.05, 0.1) is 26.3 Å². The zero-order valence-corrected chi connectivity index (χ0v) is 16.2. The minimum atomic E-state index is -0.352. The number of rotatable bonds is 9. The van der Waals surface area contributed by atoms with E-state index in [1.165, 1.54) is 4.90 Å². The number of hydrogen-bond donors (Lipinski definition) is 1. The number of nitrogens with zero attached hydrogens (tertiary/aromatic N) is 1. The highest BCUT2D eigenvalue weighted by atomic mass is 16.5. The largest absolute Gasteiger partial charge is 0.490 e. The molecule has 1 N–H and O–H groups in total. The van der Waals surface area contributed by atoms with Gasteiger partial charge in [-0.1, -0.05) is 0 Å². The lowest BCUT2D eigenvalue weighted by Gasteiger charge is -2.16. The molecule has 0 aliphatic rings. The summed E-state index contributed by atoms with van der Waals surface area (Å²) < 4.78 is 16.5. The van der Waals surface area contributed by atoms with Gasteiger partial charge in [0.1, 0.15) is 11.5 Å². The van der Waals surface area contributed by atoms with Crippen LogP contribution in [0.2, 0.25) is 0 Å². The van der Waals surface area contributed by atoms with Crippen LogP contribution in [0.25, 0.3) is 0 Å². The number of aryl methyl sites for hydroxylation is 1. The van der Waals surface area contributed by atoms with Crippen LogP contribution in [0.15, 0.2) is 34.7 Å². The Bertz CT molecular complexity index is 784. The van der Waals surface area contributed by atoms with Gasteiger partial charge in [-0.05, 0) is 51.1 Å². The number of carbonyl (C=O) groups excluding carboxylic acids is 2. The number of likely N-dealkylation sites (N-methyl/N-ethyl adjacent to an activating group) is 1. The lowest BCUT2D eigenvalue weighted by molar-refractivity contribution is -0.129. The maximum Gasteiger partial charge on any atom is 0.251 e. The summed E-state index contributed by atoms with van der Waals surface area (Å²) in [5.41, 5.74) is 0.402. The van der Waals surface area contributed by atoms with Gasteiger partial charge >= 0.3 is 0 Å². The average molecular weight is 374 g/mol. The van der Waals surface area contributed by atoms with Crippen LogP contribution in [0.1, 0.15) is 35.7 Å². The maximum atomic E-state index is 12.4. The van der Waals surface area contributed by atoms with E-state index in [1.54, 1.807) is 25.2 Å². The van der Waals surface area contributed by atoms with E-state index in [0.29, 0.717) is 42.6 Å². The first-order valence-corrected chi connectivity index (χ1v) is 8.91. The van der Waals surface area contributed by atoms with E-state index < -0.39 is 0 Å². The van der Waals surface area contributed by atoms with Gasteiger partial charge in [-0.2, -0.15) is 0 Å². The fraction of sp³-hybridized carbons (Fsp3) is 0.400. The van der Waals surface area contributed by atoms with Crippen molar-refractivity contribution in [1.82, 2.24) is 10.2 Å². The molecule has 2 aromatic rings. The van der Waals surface area contributed by atoms with Crippen molar-refractivity contribution in [2.45, 2.75) is 27.3 Å². The quantitative estimate of drug-likeness (QED) is 0.730. The van der Waals surface area contributed by atoms with Crippen molar-refractivity contribution < 1.29 is 23.5 Å². The van der Waals surface area contributed by atoms with Crippen LogP contribution in [-0.4, -0.2) is 43.5 Å². The van der Waals surface area contributed by atoms with Gasteiger partial charge in [0.2, 0.25) is 5.91 Å². The van der Waals surface area contributed by atoms with Gasteiger partial charge in [0.15, 0.2) is 11.5 Å². The Balaban J connectivity index is 1.94. The standard InChI is InChI=1S/C20H26N2O5/c1-5-25-17-10-8-15(11-18(17)26-6-2)20(24)21-12-19(23)22(4)13-16-9-7-14(3)27-16/h7-11H,5-6,12-13H2,1-4H3,(H,21,24). The van der Waals surface area contributed by atoms with Crippen LogP contribution in [0.4, 0.5) is 0 Å². The predicted octanol–water partition coefficient (Wildman–Crippen LogP) is 2.77. The SMILES string of the molecule is CCOc1ccc(C(=O)NCC(=O)N(C)Cc2ccc(C)o2)cc1OCC. The molecule has 0 bridgehead atoms. The highest BCUT2D eigenvalue weighted by molar-refractivity contribution is 5.97. The van der Waals surface area contributed by atoms with Crippen LogP contribution in [0.5, 0.6) is 11.5 Å².